The summed E-state index contributed by atoms with van der Waals surface area (Å²) < 4.78 is 5.48. The zero-order valence-corrected chi connectivity index (χ0v) is 53.4. The fourth-order valence-electron chi connectivity index (χ4n) is 11.2. The third-order valence-electron chi connectivity index (χ3n) is 16.6. The number of aliphatic hydroxyl groups is 2. The SMILES string of the molecule is CCC/C=C\C/C=C\CCCCCCCC(=O)OCCCCCCCCCCCCCCCCCCCC/C=C\CCCCCCCCCCCCCCCCCCCC(=O)NC(CO)C(O)CCCCCCCCCCCC. The topological polar surface area (TPSA) is 95.9 Å². The number of nitrogens with one attached hydrogen (secondary N) is 1. The van der Waals surface area contributed by atoms with E-state index in [1.807, 2.05) is 0 Å². The number of ether oxygens (including phenoxy) is 1. The van der Waals surface area contributed by atoms with Crippen LogP contribution in [0, 0.1) is 0 Å². The van der Waals surface area contributed by atoms with Crippen molar-refractivity contribution in [3.63, 3.8) is 0 Å². The van der Waals surface area contributed by atoms with Crippen LogP contribution < -0.4 is 5.32 Å². The molecule has 0 aliphatic carbocycles. The summed E-state index contributed by atoms with van der Waals surface area (Å²) in [5, 5.41) is 23.2. The van der Waals surface area contributed by atoms with E-state index in [1.54, 1.807) is 0 Å². The first kappa shape index (κ1) is 77.1. The third-order valence-corrected chi connectivity index (χ3v) is 16.6. The molecule has 0 aliphatic heterocycles. The Bertz CT molecular complexity index is 1280. The summed E-state index contributed by atoms with van der Waals surface area (Å²) in [5.74, 6) is -0.0235. The maximum atomic E-state index is 12.4. The Kier molecular flexibility index (Phi) is 66.9. The number of hydrogen-bond donors (Lipinski definition) is 3. The largest absolute Gasteiger partial charge is 0.466 e. The first-order chi connectivity index (χ1) is 39.0. The molecule has 2 atom stereocenters. The number of hydrogen-bond acceptors (Lipinski definition) is 5. The minimum absolute atomic E-state index is 0.00715. The van der Waals surface area contributed by atoms with Crippen LogP contribution in [-0.2, 0) is 14.3 Å². The molecule has 0 heterocycles. The zero-order chi connectivity index (χ0) is 57.1. The molecule has 0 rings (SSSR count). The molecular weight excluding hydrogens is 971 g/mol. The Labute approximate surface area is 494 Å². The number of carbonyl (C=O) groups is 2. The van der Waals surface area contributed by atoms with Gasteiger partial charge in [-0.1, -0.05) is 339 Å². The summed E-state index contributed by atoms with van der Waals surface area (Å²) in [6.45, 7) is 4.89. The smallest absolute Gasteiger partial charge is 0.305 e. The lowest BCUT2D eigenvalue weighted by Crippen LogP contribution is -2.45. The van der Waals surface area contributed by atoms with Crippen LogP contribution in [0.25, 0.3) is 0 Å². The molecule has 466 valence electrons. The van der Waals surface area contributed by atoms with Crippen molar-refractivity contribution in [2.24, 2.45) is 0 Å². The molecule has 0 saturated carbocycles. The van der Waals surface area contributed by atoms with Gasteiger partial charge in [-0.25, -0.2) is 0 Å². The van der Waals surface area contributed by atoms with E-state index < -0.39 is 12.1 Å². The van der Waals surface area contributed by atoms with Crippen LogP contribution in [0.3, 0.4) is 0 Å². The standard InChI is InChI=1S/C73H139NO5/c1-3-5-7-9-11-13-15-43-47-51-55-59-63-67-73(78)79-68-64-60-56-52-48-45-42-40-38-36-34-32-30-28-26-24-22-20-18-16-17-19-21-23-25-27-29-31-33-35-37-39-41-44-46-50-54-58-62-66-72(77)74-70(69-75)71(76)65-61-57-53-49-14-12-10-8-6-4-2/h7,9,13,15-17,70-71,75-76H,3-6,8,10-12,14,18-69H2,1-2H3,(H,74,77)/b9-7-,15-13-,17-16-. The van der Waals surface area contributed by atoms with Crippen molar-refractivity contribution in [1.29, 1.82) is 0 Å². The highest BCUT2D eigenvalue weighted by atomic mass is 16.5. The maximum absolute atomic E-state index is 12.4. The van der Waals surface area contributed by atoms with Gasteiger partial charge in [0.1, 0.15) is 0 Å². The minimum Gasteiger partial charge on any atom is -0.466 e. The Morgan fingerprint density at radius 1 is 0.354 bits per heavy atom. The highest BCUT2D eigenvalue weighted by Crippen LogP contribution is 2.19. The predicted octanol–water partition coefficient (Wildman–Crippen LogP) is 23.1. The quantitative estimate of drug-likeness (QED) is 0.0320. The summed E-state index contributed by atoms with van der Waals surface area (Å²) in [6.07, 6.45) is 88.0. The van der Waals surface area contributed by atoms with Gasteiger partial charge in [0.05, 0.1) is 25.4 Å². The monoisotopic (exact) mass is 1110 g/mol. The average molecular weight is 1110 g/mol. The van der Waals surface area contributed by atoms with Gasteiger partial charge in [0.2, 0.25) is 5.91 Å². The summed E-state index contributed by atoms with van der Waals surface area (Å²) in [4.78, 5) is 24.5. The van der Waals surface area contributed by atoms with Crippen LogP contribution in [0.5, 0.6) is 0 Å². The summed E-state index contributed by atoms with van der Waals surface area (Å²) in [6, 6.07) is -0.536. The van der Waals surface area contributed by atoms with Gasteiger partial charge in [-0.3, -0.25) is 9.59 Å². The lowest BCUT2D eigenvalue weighted by molar-refractivity contribution is -0.143. The van der Waals surface area contributed by atoms with Crippen LogP contribution >= 0.6 is 0 Å². The zero-order valence-electron chi connectivity index (χ0n) is 53.4. The molecule has 0 aliphatic rings. The number of esters is 1. The van der Waals surface area contributed by atoms with Crippen LogP contribution in [0.15, 0.2) is 36.5 Å². The van der Waals surface area contributed by atoms with E-state index in [9.17, 15) is 19.8 Å². The molecule has 1 amide bonds. The van der Waals surface area contributed by atoms with E-state index in [0.29, 0.717) is 25.9 Å². The van der Waals surface area contributed by atoms with Crippen LogP contribution in [-0.4, -0.2) is 47.4 Å². The molecular formula is C73H139NO5. The van der Waals surface area contributed by atoms with Gasteiger partial charge in [0.15, 0.2) is 0 Å². The lowest BCUT2D eigenvalue weighted by Gasteiger charge is -2.22. The molecule has 0 aromatic carbocycles. The van der Waals surface area contributed by atoms with E-state index in [1.165, 1.54) is 308 Å². The molecule has 6 nitrogen and oxygen atoms in total. The van der Waals surface area contributed by atoms with Gasteiger partial charge in [-0.2, -0.15) is 0 Å². The molecule has 2 unspecified atom stereocenters. The van der Waals surface area contributed by atoms with E-state index in [-0.39, 0.29) is 18.5 Å². The number of unbranched alkanes of at least 4 members (excludes halogenated alkanes) is 50. The van der Waals surface area contributed by atoms with E-state index in [4.69, 9.17) is 4.74 Å². The molecule has 0 saturated heterocycles. The van der Waals surface area contributed by atoms with E-state index in [2.05, 4.69) is 55.6 Å². The Morgan fingerprint density at radius 3 is 1.03 bits per heavy atom. The third kappa shape index (κ3) is 65.1. The Hall–Kier alpha value is -1.92. The molecule has 0 fully saturated rings. The summed E-state index contributed by atoms with van der Waals surface area (Å²) in [7, 11) is 0. The highest BCUT2D eigenvalue weighted by molar-refractivity contribution is 5.76. The van der Waals surface area contributed by atoms with Gasteiger partial charge in [0, 0.05) is 12.8 Å². The summed E-state index contributed by atoms with van der Waals surface area (Å²) >= 11 is 0. The molecule has 0 aromatic rings. The second-order valence-electron chi connectivity index (χ2n) is 24.6. The number of rotatable bonds is 67. The van der Waals surface area contributed by atoms with Gasteiger partial charge < -0.3 is 20.3 Å². The van der Waals surface area contributed by atoms with Crippen LogP contribution in [0.1, 0.15) is 393 Å². The van der Waals surface area contributed by atoms with Crippen molar-refractivity contribution < 1.29 is 24.5 Å². The van der Waals surface area contributed by atoms with Crippen molar-refractivity contribution >= 4 is 11.9 Å². The molecule has 0 radical (unpaired) electrons. The molecule has 0 aromatic heterocycles. The molecule has 3 N–H and O–H groups in total. The van der Waals surface area contributed by atoms with Gasteiger partial charge in [0.25, 0.3) is 0 Å². The average Bonchev–Trinajstić information content (AvgIpc) is 3.45. The van der Waals surface area contributed by atoms with Crippen LogP contribution in [0.4, 0.5) is 0 Å². The fourth-order valence-corrected chi connectivity index (χ4v) is 11.2. The number of allylic oxidation sites excluding steroid dienone is 6. The van der Waals surface area contributed by atoms with Crippen LogP contribution in [0.2, 0.25) is 0 Å². The molecule has 0 bridgehead atoms. The van der Waals surface area contributed by atoms with Crippen molar-refractivity contribution in [3.8, 4) is 0 Å². The second kappa shape index (κ2) is 68.6. The van der Waals surface area contributed by atoms with E-state index in [0.717, 1.165) is 51.4 Å². The van der Waals surface area contributed by atoms with Gasteiger partial charge in [-0.15, -0.1) is 0 Å². The molecule has 79 heavy (non-hydrogen) atoms. The maximum Gasteiger partial charge on any atom is 0.305 e. The first-order valence-electron chi connectivity index (χ1n) is 35.7. The second-order valence-corrected chi connectivity index (χ2v) is 24.6. The Balaban J connectivity index is 3.30. The highest BCUT2D eigenvalue weighted by Gasteiger charge is 2.20. The van der Waals surface area contributed by atoms with Crippen molar-refractivity contribution in [1.82, 2.24) is 5.32 Å². The fraction of sp³-hybridized carbons (Fsp3) is 0.890. The van der Waals surface area contributed by atoms with Crippen molar-refractivity contribution in [2.45, 2.75) is 405 Å². The van der Waals surface area contributed by atoms with Gasteiger partial charge in [-0.05, 0) is 77.0 Å². The number of aliphatic hydroxyl groups excluding tert-OH is 2. The van der Waals surface area contributed by atoms with Crippen molar-refractivity contribution in [2.75, 3.05) is 13.2 Å². The normalized spacial score (nSPS) is 12.7. The number of carbonyl (C=O) groups excluding carboxylic acids is 2. The predicted molar refractivity (Wildman–Crippen MR) is 347 cm³/mol. The van der Waals surface area contributed by atoms with E-state index >= 15 is 0 Å². The molecule has 0 spiro atoms. The Morgan fingerprint density at radius 2 is 0.658 bits per heavy atom. The van der Waals surface area contributed by atoms with Gasteiger partial charge >= 0.3 is 5.97 Å². The minimum atomic E-state index is -0.659. The number of amides is 1. The lowest BCUT2D eigenvalue weighted by atomic mass is 10.0. The van der Waals surface area contributed by atoms with Crippen molar-refractivity contribution in [3.05, 3.63) is 36.5 Å². The molecule has 6 heteroatoms. The first-order valence-corrected chi connectivity index (χ1v) is 35.7. The summed E-state index contributed by atoms with van der Waals surface area (Å²) in [5.41, 5.74) is 0.